The molecule has 1 N–H and O–H groups in total. The van der Waals surface area contributed by atoms with Crippen LogP contribution in [-0.4, -0.2) is 55.4 Å². The van der Waals surface area contributed by atoms with E-state index >= 15 is 0 Å². The van der Waals surface area contributed by atoms with Gasteiger partial charge in [-0.25, -0.2) is 4.98 Å². The molecule has 134 valence electrons. The molecule has 10 heteroatoms. The molecule has 2 heterocycles. The first-order valence-corrected chi connectivity index (χ1v) is 7.37. The predicted octanol–water partition coefficient (Wildman–Crippen LogP) is 1.74. The molecule has 0 radical (unpaired) electrons. The minimum atomic E-state index is -4.66. The van der Waals surface area contributed by atoms with Crippen LogP contribution in [0.15, 0.2) is 6.07 Å². The number of nitrogens with zero attached hydrogens (tertiary/aromatic N) is 5. The molecular formula is C14H20F3N5O2. The van der Waals surface area contributed by atoms with Gasteiger partial charge in [0, 0.05) is 19.2 Å². The maximum Gasteiger partial charge on any atom is 0.453 e. The zero-order chi connectivity index (χ0) is 18.1. The molecule has 2 aromatic heterocycles. The third kappa shape index (κ3) is 4.54. The molecule has 0 unspecified atom stereocenters. The van der Waals surface area contributed by atoms with Crippen LogP contribution in [0.1, 0.15) is 32.3 Å². The lowest BCUT2D eigenvalue weighted by atomic mass is 10.1. The van der Waals surface area contributed by atoms with Crippen molar-refractivity contribution in [2.45, 2.75) is 39.1 Å². The summed E-state index contributed by atoms with van der Waals surface area (Å²) in [5.41, 5.74) is -0.432. The van der Waals surface area contributed by atoms with E-state index in [1.165, 1.54) is 6.07 Å². The van der Waals surface area contributed by atoms with E-state index in [2.05, 4.69) is 15.1 Å². The van der Waals surface area contributed by atoms with E-state index in [0.29, 0.717) is 18.8 Å². The molecule has 2 rings (SSSR count). The smallest absolute Gasteiger partial charge is 0.453 e. The number of halogens is 3. The maximum atomic E-state index is 12.8. The maximum absolute atomic E-state index is 12.8. The third-order valence-electron chi connectivity index (χ3n) is 2.97. The van der Waals surface area contributed by atoms with Gasteiger partial charge in [-0.1, -0.05) is 0 Å². The summed E-state index contributed by atoms with van der Waals surface area (Å²) in [7, 11) is 1.77. The molecule has 0 aliphatic rings. The number of rotatable bonds is 6. The Morgan fingerprint density at radius 2 is 1.96 bits per heavy atom. The monoisotopic (exact) mass is 347 g/mol. The Morgan fingerprint density at radius 1 is 1.29 bits per heavy atom. The summed E-state index contributed by atoms with van der Waals surface area (Å²) in [4.78, 5) is 9.35. The van der Waals surface area contributed by atoms with Crippen LogP contribution in [0.3, 0.4) is 0 Å². The van der Waals surface area contributed by atoms with E-state index in [-0.39, 0.29) is 18.3 Å². The van der Waals surface area contributed by atoms with Gasteiger partial charge in [0.25, 0.3) is 11.6 Å². The quantitative estimate of drug-likeness (QED) is 0.858. The van der Waals surface area contributed by atoms with E-state index in [1.807, 2.05) is 0 Å². The molecule has 7 nitrogen and oxygen atoms in total. The number of ether oxygens (including phenoxy) is 1. The summed E-state index contributed by atoms with van der Waals surface area (Å²) >= 11 is 0. The summed E-state index contributed by atoms with van der Waals surface area (Å²) < 4.78 is 44.7. The van der Waals surface area contributed by atoms with Crippen LogP contribution < -0.4 is 4.74 Å². The lowest BCUT2D eigenvalue weighted by Gasteiger charge is -2.25. The Hall–Kier alpha value is -1.94. The number of hydrogen-bond donors (Lipinski definition) is 1. The van der Waals surface area contributed by atoms with E-state index in [9.17, 15) is 18.3 Å². The zero-order valence-corrected chi connectivity index (χ0v) is 13.9. The van der Waals surface area contributed by atoms with Crippen LogP contribution in [-0.2, 0) is 12.7 Å². The summed E-state index contributed by atoms with van der Waals surface area (Å²) in [6.45, 7) is 5.99. The average molecular weight is 347 g/mol. The molecule has 24 heavy (non-hydrogen) atoms. The molecule has 0 amide bonds. The second-order valence-electron chi connectivity index (χ2n) is 6.15. The van der Waals surface area contributed by atoms with Gasteiger partial charge in [0.2, 0.25) is 5.88 Å². The third-order valence-corrected chi connectivity index (χ3v) is 2.97. The molecule has 0 aliphatic heterocycles. The highest BCUT2D eigenvalue weighted by atomic mass is 19.4. The molecular weight excluding hydrogens is 327 g/mol. The standard InChI is InChI=1S/C14H20F3N5O2/c1-5-24-10-6-9(7-21(4)8-13(2,3)23)18-12-19-11(14(15,16)17)20-22(10)12/h6,23H,5,7-8H2,1-4H3. The Morgan fingerprint density at radius 3 is 2.50 bits per heavy atom. The normalized spacial score (nSPS) is 13.0. The second-order valence-corrected chi connectivity index (χ2v) is 6.15. The summed E-state index contributed by atoms with van der Waals surface area (Å²) in [5, 5.41) is 13.3. The van der Waals surface area contributed by atoms with E-state index in [1.54, 1.807) is 32.7 Å². The van der Waals surface area contributed by atoms with E-state index in [0.717, 1.165) is 4.52 Å². The number of aromatic nitrogens is 4. The zero-order valence-electron chi connectivity index (χ0n) is 13.9. The van der Waals surface area contributed by atoms with E-state index < -0.39 is 17.6 Å². The van der Waals surface area contributed by atoms with Crippen molar-refractivity contribution in [3.63, 3.8) is 0 Å². The first kappa shape index (κ1) is 18.4. The van der Waals surface area contributed by atoms with Crippen LogP contribution in [0, 0.1) is 0 Å². The molecule has 0 fully saturated rings. The summed E-state index contributed by atoms with van der Waals surface area (Å²) in [6, 6.07) is 1.52. The first-order valence-electron chi connectivity index (χ1n) is 7.37. The van der Waals surface area contributed by atoms with Crippen LogP contribution in [0.5, 0.6) is 5.88 Å². The van der Waals surface area contributed by atoms with Gasteiger partial charge in [0.05, 0.1) is 17.9 Å². The SMILES string of the molecule is CCOc1cc(CN(C)CC(C)(C)O)nc2nc(C(F)(F)F)nn12. The Balaban J connectivity index is 2.38. The fourth-order valence-electron chi connectivity index (χ4n) is 2.33. The van der Waals surface area contributed by atoms with Crippen molar-refractivity contribution in [3.8, 4) is 5.88 Å². The largest absolute Gasteiger partial charge is 0.478 e. The fourth-order valence-corrected chi connectivity index (χ4v) is 2.33. The van der Waals surface area contributed by atoms with Crippen molar-refractivity contribution in [1.82, 2.24) is 24.5 Å². The van der Waals surface area contributed by atoms with Gasteiger partial charge in [-0.3, -0.25) is 4.90 Å². The molecule has 0 saturated carbocycles. The van der Waals surface area contributed by atoms with Crippen LogP contribution in [0.2, 0.25) is 0 Å². The minimum absolute atomic E-state index is 0.136. The number of hydrogen-bond acceptors (Lipinski definition) is 6. The van der Waals surface area contributed by atoms with Crippen molar-refractivity contribution in [1.29, 1.82) is 0 Å². The summed E-state index contributed by atoms with van der Waals surface area (Å²) in [6.07, 6.45) is -4.66. The molecule has 0 saturated heterocycles. The topological polar surface area (TPSA) is 75.8 Å². The highest BCUT2D eigenvalue weighted by Crippen LogP contribution is 2.27. The van der Waals surface area contributed by atoms with Crippen molar-refractivity contribution in [2.24, 2.45) is 0 Å². The highest BCUT2D eigenvalue weighted by molar-refractivity contribution is 5.35. The van der Waals surface area contributed by atoms with E-state index in [4.69, 9.17) is 4.74 Å². The fraction of sp³-hybridized carbons (Fsp3) is 0.643. The van der Waals surface area contributed by atoms with Gasteiger partial charge in [-0.05, 0) is 27.8 Å². The number of likely N-dealkylation sites (N-methyl/N-ethyl adjacent to an activating group) is 1. The van der Waals surface area contributed by atoms with Crippen LogP contribution >= 0.6 is 0 Å². The molecule has 0 atom stereocenters. The second kappa shape index (κ2) is 6.52. The van der Waals surface area contributed by atoms with Gasteiger partial charge in [0.1, 0.15) is 0 Å². The Kier molecular flexibility index (Phi) is 5.00. The minimum Gasteiger partial charge on any atom is -0.478 e. The predicted molar refractivity (Wildman–Crippen MR) is 79.6 cm³/mol. The molecule has 0 bridgehead atoms. The Labute approximate surface area is 137 Å². The summed E-state index contributed by atoms with van der Waals surface area (Å²) in [5.74, 6) is -1.31. The Bertz CT molecular complexity index is 709. The first-order chi connectivity index (χ1) is 11.0. The van der Waals surface area contributed by atoms with Gasteiger partial charge >= 0.3 is 6.18 Å². The lowest BCUT2D eigenvalue weighted by Crippen LogP contribution is -2.36. The van der Waals surface area contributed by atoms with Gasteiger partial charge in [-0.2, -0.15) is 22.7 Å². The van der Waals surface area contributed by atoms with Crippen molar-refractivity contribution in [3.05, 3.63) is 17.6 Å². The lowest BCUT2D eigenvalue weighted by molar-refractivity contribution is -0.144. The van der Waals surface area contributed by atoms with Crippen LogP contribution in [0.25, 0.3) is 5.78 Å². The van der Waals surface area contributed by atoms with Gasteiger partial charge in [0.15, 0.2) is 0 Å². The number of fused-ring (bicyclic) bond motifs is 1. The average Bonchev–Trinajstić information content (AvgIpc) is 2.80. The van der Waals surface area contributed by atoms with Crippen molar-refractivity contribution < 1.29 is 23.0 Å². The number of alkyl halides is 3. The molecule has 0 aliphatic carbocycles. The number of aliphatic hydroxyl groups is 1. The van der Waals surface area contributed by atoms with Crippen molar-refractivity contribution >= 4 is 5.78 Å². The van der Waals surface area contributed by atoms with Crippen molar-refractivity contribution in [2.75, 3.05) is 20.2 Å². The molecule has 0 spiro atoms. The van der Waals surface area contributed by atoms with Gasteiger partial charge in [-0.15, -0.1) is 5.10 Å². The molecule has 2 aromatic rings. The van der Waals surface area contributed by atoms with Crippen LogP contribution in [0.4, 0.5) is 13.2 Å². The van der Waals surface area contributed by atoms with Gasteiger partial charge < -0.3 is 9.84 Å². The molecule has 0 aromatic carbocycles. The highest BCUT2D eigenvalue weighted by Gasteiger charge is 2.37.